The number of benzene rings is 1. The van der Waals surface area contributed by atoms with Gasteiger partial charge in [-0.25, -0.2) is 0 Å². The topological polar surface area (TPSA) is 93.8 Å². The first-order chi connectivity index (χ1) is 12.4. The smallest absolute Gasteiger partial charge is 0.229 e. The minimum Gasteiger partial charge on any atom is -0.460 e. The van der Waals surface area contributed by atoms with Crippen LogP contribution in [-0.2, 0) is 16.6 Å². The number of aliphatic hydroxyl groups excluding tert-OH is 1. The summed E-state index contributed by atoms with van der Waals surface area (Å²) in [7, 11) is 1.37. The van der Waals surface area contributed by atoms with Crippen molar-refractivity contribution >= 4 is 17.3 Å². The number of rotatable bonds is 1. The lowest BCUT2D eigenvalue weighted by Crippen LogP contribution is -2.56. The monoisotopic (exact) mass is 352 g/mol. The Labute approximate surface area is 148 Å². The van der Waals surface area contributed by atoms with Crippen LogP contribution >= 0.6 is 0 Å². The highest BCUT2D eigenvalue weighted by Gasteiger charge is 2.57. The van der Waals surface area contributed by atoms with Gasteiger partial charge in [0.1, 0.15) is 18.5 Å². The molecule has 1 N–H and O–H groups in total. The number of carbonyl (C=O) groups is 3. The molecule has 2 aromatic rings. The minimum absolute atomic E-state index is 0.0147. The molecule has 0 fully saturated rings. The van der Waals surface area contributed by atoms with Crippen LogP contribution in [0.4, 0.5) is 0 Å². The molecule has 6 nitrogen and oxygen atoms in total. The maximum Gasteiger partial charge on any atom is 0.229 e. The second-order valence-corrected chi connectivity index (χ2v) is 7.29. The van der Waals surface area contributed by atoms with Gasteiger partial charge in [0, 0.05) is 30.2 Å². The Morgan fingerprint density at radius 1 is 1.19 bits per heavy atom. The number of methoxy groups -OCH3 is 1. The molecule has 6 heteroatoms. The fourth-order valence-electron chi connectivity index (χ4n) is 4.85. The summed E-state index contributed by atoms with van der Waals surface area (Å²) in [6.45, 7) is 1.79. The number of ketones is 3. The van der Waals surface area contributed by atoms with Crippen LogP contribution in [-0.4, -0.2) is 41.8 Å². The maximum absolute atomic E-state index is 13.2. The Balaban J connectivity index is 1.88. The summed E-state index contributed by atoms with van der Waals surface area (Å²) in [6, 6.07) is 3.44. The molecular formula is C20H16O6. The highest BCUT2D eigenvalue weighted by molar-refractivity contribution is 6.18. The van der Waals surface area contributed by atoms with Crippen molar-refractivity contribution in [1.82, 2.24) is 0 Å². The first-order valence-electron chi connectivity index (χ1n) is 8.52. The maximum atomic E-state index is 13.2. The number of carbonyl (C=O) groups excluding carboxylic acids is 3. The lowest BCUT2D eigenvalue weighted by atomic mass is 9.59. The van der Waals surface area contributed by atoms with E-state index in [1.165, 1.54) is 13.4 Å². The molecule has 26 heavy (non-hydrogen) atoms. The number of ether oxygens (including phenoxy) is 1. The van der Waals surface area contributed by atoms with Gasteiger partial charge in [0.15, 0.2) is 17.3 Å². The third kappa shape index (κ3) is 1.53. The Hall–Kier alpha value is -2.57. The van der Waals surface area contributed by atoms with Crippen molar-refractivity contribution in [3.8, 4) is 0 Å². The van der Waals surface area contributed by atoms with E-state index in [1.807, 2.05) is 0 Å². The zero-order valence-corrected chi connectivity index (χ0v) is 14.3. The number of Topliss-reactive ketones (excluding diaryl/α,β-unsaturated/α-hetero) is 2. The van der Waals surface area contributed by atoms with Gasteiger partial charge < -0.3 is 14.3 Å². The lowest BCUT2D eigenvalue weighted by molar-refractivity contribution is -0.0319. The predicted octanol–water partition coefficient (Wildman–Crippen LogP) is 1.83. The zero-order valence-electron chi connectivity index (χ0n) is 14.3. The van der Waals surface area contributed by atoms with Crippen molar-refractivity contribution in [2.24, 2.45) is 0 Å². The number of furan rings is 1. The Morgan fingerprint density at radius 2 is 1.96 bits per heavy atom. The van der Waals surface area contributed by atoms with Gasteiger partial charge in [-0.05, 0) is 24.5 Å². The minimum atomic E-state index is -1.18. The van der Waals surface area contributed by atoms with E-state index in [0.29, 0.717) is 40.7 Å². The summed E-state index contributed by atoms with van der Waals surface area (Å²) >= 11 is 0. The van der Waals surface area contributed by atoms with Crippen molar-refractivity contribution in [1.29, 1.82) is 0 Å². The van der Waals surface area contributed by atoms with Crippen molar-refractivity contribution in [3.63, 3.8) is 0 Å². The van der Waals surface area contributed by atoms with Crippen LogP contribution in [0, 0.1) is 0 Å². The average molecular weight is 352 g/mol. The van der Waals surface area contributed by atoms with Crippen LogP contribution in [0.25, 0.3) is 0 Å². The summed E-state index contributed by atoms with van der Waals surface area (Å²) in [5.74, 6) is -0.637. The van der Waals surface area contributed by atoms with Gasteiger partial charge in [0.25, 0.3) is 0 Å². The van der Waals surface area contributed by atoms with Crippen LogP contribution < -0.4 is 0 Å². The predicted molar refractivity (Wildman–Crippen MR) is 88.8 cm³/mol. The standard InChI is InChI=1S/C20H16O6/c1-20-11-5-3-8-9(4-6-12(8)21)13(11)16(23)17-14(20)10(7-26-17)15(22)18(25-2)19(20)24/h3,5,7,18-19,24H,4,6H2,1-2H3/t18-,19+,20-/m0/s1. The van der Waals surface area contributed by atoms with Crippen LogP contribution in [0.1, 0.15) is 66.9 Å². The van der Waals surface area contributed by atoms with E-state index in [9.17, 15) is 19.5 Å². The first-order valence-corrected chi connectivity index (χ1v) is 8.52. The molecule has 0 amide bonds. The molecular weight excluding hydrogens is 336 g/mol. The van der Waals surface area contributed by atoms with E-state index in [1.54, 1.807) is 19.1 Å². The van der Waals surface area contributed by atoms with E-state index < -0.39 is 23.4 Å². The van der Waals surface area contributed by atoms with E-state index in [0.717, 1.165) is 0 Å². The van der Waals surface area contributed by atoms with Crippen molar-refractivity contribution < 1.29 is 28.6 Å². The van der Waals surface area contributed by atoms with E-state index in [-0.39, 0.29) is 22.9 Å². The van der Waals surface area contributed by atoms with Crippen LogP contribution in [0.15, 0.2) is 22.8 Å². The molecule has 1 heterocycles. The highest BCUT2D eigenvalue weighted by Crippen LogP contribution is 2.51. The van der Waals surface area contributed by atoms with E-state index in [4.69, 9.17) is 9.15 Å². The zero-order chi connectivity index (χ0) is 18.4. The summed E-state index contributed by atoms with van der Waals surface area (Å²) in [5.41, 5.74) is 1.97. The summed E-state index contributed by atoms with van der Waals surface area (Å²) in [6.07, 6.45) is -0.0867. The van der Waals surface area contributed by atoms with E-state index >= 15 is 0 Å². The SMILES string of the molecule is CO[C@H]1C(=O)c2coc3c2[C@](C)(c2ccc4c(c2C3=O)CCC4=O)[C@@H]1O. The van der Waals surface area contributed by atoms with Crippen LogP contribution in [0.3, 0.4) is 0 Å². The van der Waals surface area contributed by atoms with Gasteiger partial charge in [-0.3, -0.25) is 14.4 Å². The quantitative estimate of drug-likeness (QED) is 0.842. The van der Waals surface area contributed by atoms with Crippen LogP contribution in [0.5, 0.6) is 0 Å². The molecule has 1 aromatic heterocycles. The summed E-state index contributed by atoms with van der Waals surface area (Å²) < 4.78 is 10.8. The lowest BCUT2D eigenvalue weighted by Gasteiger charge is -2.44. The molecule has 0 saturated carbocycles. The largest absolute Gasteiger partial charge is 0.460 e. The van der Waals surface area contributed by atoms with Crippen LogP contribution in [0.2, 0.25) is 0 Å². The normalized spacial score (nSPS) is 28.8. The van der Waals surface area contributed by atoms with Crippen molar-refractivity contribution in [2.75, 3.05) is 7.11 Å². The van der Waals surface area contributed by atoms with Gasteiger partial charge in [0.05, 0.1) is 11.0 Å². The van der Waals surface area contributed by atoms with Gasteiger partial charge in [-0.15, -0.1) is 0 Å². The second-order valence-electron chi connectivity index (χ2n) is 7.29. The van der Waals surface area contributed by atoms with Gasteiger partial charge in [-0.1, -0.05) is 12.1 Å². The first kappa shape index (κ1) is 15.7. The number of hydrogen-bond donors (Lipinski definition) is 1. The van der Waals surface area contributed by atoms with Gasteiger partial charge in [-0.2, -0.15) is 0 Å². The third-order valence-corrected chi connectivity index (χ3v) is 6.17. The van der Waals surface area contributed by atoms with E-state index in [2.05, 4.69) is 0 Å². The molecule has 1 aromatic carbocycles. The molecule has 5 rings (SSSR count). The molecule has 0 spiro atoms. The molecule has 3 aliphatic carbocycles. The molecule has 132 valence electrons. The Bertz CT molecular complexity index is 1030. The highest BCUT2D eigenvalue weighted by atomic mass is 16.5. The fraction of sp³-hybridized carbons (Fsp3) is 0.350. The molecule has 0 saturated heterocycles. The molecule has 0 bridgehead atoms. The van der Waals surface area contributed by atoms with Gasteiger partial charge >= 0.3 is 0 Å². The molecule has 0 radical (unpaired) electrons. The third-order valence-electron chi connectivity index (χ3n) is 6.17. The Kier molecular flexibility index (Phi) is 2.88. The van der Waals surface area contributed by atoms with Crippen molar-refractivity contribution in [2.45, 2.75) is 37.4 Å². The summed E-state index contributed by atoms with van der Waals surface area (Å²) in [4.78, 5) is 37.9. The van der Waals surface area contributed by atoms with Gasteiger partial charge in [0.2, 0.25) is 5.78 Å². The van der Waals surface area contributed by atoms with Crippen molar-refractivity contribution in [3.05, 3.63) is 57.5 Å². The molecule has 3 atom stereocenters. The number of hydrogen-bond acceptors (Lipinski definition) is 6. The second kappa shape index (κ2) is 4.78. The molecule has 3 aliphatic rings. The number of fused-ring (bicyclic) bond motifs is 4. The summed E-state index contributed by atoms with van der Waals surface area (Å²) in [5, 5.41) is 11.0. The molecule has 0 unspecified atom stereocenters. The number of aliphatic hydroxyl groups is 1. The fourth-order valence-corrected chi connectivity index (χ4v) is 4.85. The molecule has 0 aliphatic heterocycles. The average Bonchev–Trinajstić information content (AvgIpc) is 3.23. The Morgan fingerprint density at radius 3 is 2.69 bits per heavy atom.